The third kappa shape index (κ3) is 4.12. The molecule has 6 nitrogen and oxygen atoms in total. The van der Waals surface area contributed by atoms with Crippen molar-refractivity contribution < 1.29 is 4.79 Å². The molecule has 1 aliphatic heterocycles. The van der Waals surface area contributed by atoms with E-state index in [1.165, 1.54) is 10.2 Å². The predicted molar refractivity (Wildman–Crippen MR) is 104 cm³/mol. The van der Waals surface area contributed by atoms with Gasteiger partial charge in [-0.25, -0.2) is 4.68 Å². The van der Waals surface area contributed by atoms with Crippen molar-refractivity contribution in [2.24, 2.45) is 13.0 Å². The Labute approximate surface area is 153 Å². The molecule has 1 N–H and O–H groups in total. The first-order valence-corrected chi connectivity index (χ1v) is 9.13. The van der Waals surface area contributed by atoms with Crippen molar-refractivity contribution in [1.82, 2.24) is 9.78 Å². The van der Waals surface area contributed by atoms with Gasteiger partial charge in [0, 0.05) is 31.9 Å². The summed E-state index contributed by atoms with van der Waals surface area (Å²) < 4.78 is 1.30. The van der Waals surface area contributed by atoms with Crippen LogP contribution in [0.2, 0.25) is 0 Å². The van der Waals surface area contributed by atoms with Crippen LogP contribution in [0.5, 0.6) is 0 Å². The lowest BCUT2D eigenvalue weighted by molar-refractivity contribution is -0.120. The molecule has 1 aromatic carbocycles. The molecule has 3 rings (SSSR count). The summed E-state index contributed by atoms with van der Waals surface area (Å²) >= 11 is 0. The van der Waals surface area contributed by atoms with Gasteiger partial charge in [-0.2, -0.15) is 5.10 Å². The Morgan fingerprint density at radius 2 is 2.00 bits per heavy atom. The zero-order valence-corrected chi connectivity index (χ0v) is 15.6. The van der Waals surface area contributed by atoms with Crippen LogP contribution in [0.3, 0.4) is 0 Å². The summed E-state index contributed by atoms with van der Waals surface area (Å²) in [5.41, 5.74) is 2.72. The minimum atomic E-state index is -0.140. The minimum Gasteiger partial charge on any atom is -0.369 e. The molecule has 1 saturated heterocycles. The smallest absolute Gasteiger partial charge is 0.268 e. The number of amides is 1. The second-order valence-corrected chi connectivity index (χ2v) is 7.23. The van der Waals surface area contributed by atoms with Gasteiger partial charge < -0.3 is 10.2 Å². The number of nitrogens with one attached hydrogen (secondary N) is 1. The first-order chi connectivity index (χ1) is 12.4. The molecule has 2 aromatic rings. The highest BCUT2D eigenvalue weighted by Gasteiger charge is 2.26. The van der Waals surface area contributed by atoms with E-state index in [-0.39, 0.29) is 17.4 Å². The summed E-state index contributed by atoms with van der Waals surface area (Å²) in [7, 11) is 1.63. The molecule has 0 unspecified atom stereocenters. The number of piperidine rings is 1. The van der Waals surface area contributed by atoms with Crippen LogP contribution < -0.4 is 15.8 Å². The largest absolute Gasteiger partial charge is 0.369 e. The summed E-state index contributed by atoms with van der Waals surface area (Å²) in [5, 5.41) is 7.10. The highest BCUT2D eigenvalue weighted by atomic mass is 16.2. The molecule has 6 heteroatoms. The van der Waals surface area contributed by atoms with E-state index in [2.05, 4.69) is 41.3 Å². The van der Waals surface area contributed by atoms with E-state index >= 15 is 0 Å². The number of anilines is 2. The van der Waals surface area contributed by atoms with Gasteiger partial charge in [-0.15, -0.1) is 0 Å². The minimum absolute atomic E-state index is 0.0313. The maximum Gasteiger partial charge on any atom is 0.268 e. The maximum absolute atomic E-state index is 12.7. The number of nitrogens with zero attached hydrogens (tertiary/aromatic N) is 3. The van der Waals surface area contributed by atoms with E-state index in [9.17, 15) is 9.59 Å². The third-order valence-corrected chi connectivity index (χ3v) is 4.96. The van der Waals surface area contributed by atoms with Crippen LogP contribution >= 0.6 is 0 Å². The van der Waals surface area contributed by atoms with Crippen LogP contribution in [0.4, 0.5) is 11.4 Å². The maximum atomic E-state index is 12.7. The van der Waals surface area contributed by atoms with Gasteiger partial charge in [0.25, 0.3) is 5.56 Å². The quantitative estimate of drug-likeness (QED) is 0.917. The first-order valence-electron chi connectivity index (χ1n) is 9.13. The van der Waals surface area contributed by atoms with E-state index in [0.29, 0.717) is 12.5 Å². The molecule has 1 amide bonds. The molecule has 2 heterocycles. The average Bonchev–Trinajstić information content (AvgIpc) is 2.64. The second kappa shape index (κ2) is 7.72. The van der Waals surface area contributed by atoms with Crippen molar-refractivity contribution in [3.05, 3.63) is 52.4 Å². The van der Waals surface area contributed by atoms with Crippen molar-refractivity contribution in [3.8, 4) is 0 Å². The predicted octanol–water partition coefficient (Wildman–Crippen LogP) is 2.76. The number of aromatic nitrogens is 2. The Hall–Kier alpha value is -2.63. The van der Waals surface area contributed by atoms with Gasteiger partial charge in [0.2, 0.25) is 5.91 Å². The average molecular weight is 354 g/mol. The van der Waals surface area contributed by atoms with Crippen LogP contribution in [0.1, 0.15) is 38.2 Å². The Balaban J connectivity index is 1.65. The zero-order valence-electron chi connectivity index (χ0n) is 15.6. The number of hydrogen-bond donors (Lipinski definition) is 1. The normalized spacial score (nSPS) is 17.4. The molecule has 1 atom stereocenters. The van der Waals surface area contributed by atoms with Gasteiger partial charge in [0.1, 0.15) is 0 Å². The lowest BCUT2D eigenvalue weighted by Gasteiger charge is -2.33. The molecule has 1 aliphatic rings. The number of benzene rings is 1. The van der Waals surface area contributed by atoms with Gasteiger partial charge in [-0.05, 0) is 36.5 Å². The Morgan fingerprint density at radius 3 is 2.65 bits per heavy atom. The van der Waals surface area contributed by atoms with E-state index in [1.807, 2.05) is 12.1 Å². The summed E-state index contributed by atoms with van der Waals surface area (Å²) in [4.78, 5) is 26.5. The van der Waals surface area contributed by atoms with Crippen molar-refractivity contribution in [2.75, 3.05) is 23.3 Å². The zero-order chi connectivity index (χ0) is 18.7. The summed E-state index contributed by atoms with van der Waals surface area (Å²) in [5.74, 6) is 0.403. The molecule has 0 aliphatic carbocycles. The fourth-order valence-corrected chi connectivity index (χ4v) is 3.25. The fourth-order valence-electron chi connectivity index (χ4n) is 3.25. The number of hydrogen-bond acceptors (Lipinski definition) is 4. The molecule has 26 heavy (non-hydrogen) atoms. The van der Waals surface area contributed by atoms with Gasteiger partial charge in [-0.3, -0.25) is 9.59 Å². The highest BCUT2D eigenvalue weighted by Crippen LogP contribution is 2.23. The van der Waals surface area contributed by atoms with Gasteiger partial charge >= 0.3 is 0 Å². The molecule has 0 saturated carbocycles. The van der Waals surface area contributed by atoms with Crippen LogP contribution in [0, 0.1) is 5.92 Å². The third-order valence-electron chi connectivity index (χ3n) is 4.96. The van der Waals surface area contributed by atoms with Gasteiger partial charge in [0.05, 0.1) is 17.8 Å². The van der Waals surface area contributed by atoms with Crippen molar-refractivity contribution >= 4 is 17.3 Å². The van der Waals surface area contributed by atoms with Crippen molar-refractivity contribution in [2.45, 2.75) is 32.6 Å². The Kier molecular flexibility index (Phi) is 5.40. The number of aryl methyl sites for hydroxylation is 1. The Bertz CT molecular complexity index is 826. The molecular formula is C20H26N4O2. The van der Waals surface area contributed by atoms with E-state index in [0.717, 1.165) is 30.8 Å². The van der Waals surface area contributed by atoms with Crippen LogP contribution in [0.25, 0.3) is 0 Å². The summed E-state index contributed by atoms with van der Waals surface area (Å²) in [6, 6.07) is 9.60. The second-order valence-electron chi connectivity index (χ2n) is 7.23. The lowest BCUT2D eigenvalue weighted by Crippen LogP contribution is -2.41. The molecule has 1 aromatic heterocycles. The standard InChI is InChI=1S/C20H26N4O2/c1-14(2)15-6-8-17(9-7-15)22-20(26)16-5-4-10-24(13-16)18-11-19(25)23(3)21-12-18/h6-9,11-12,14,16H,4-5,10,13H2,1-3H3,(H,22,26)/t16-/m1/s1. The molecule has 0 bridgehead atoms. The summed E-state index contributed by atoms with van der Waals surface area (Å²) in [6.45, 7) is 5.73. The highest BCUT2D eigenvalue weighted by molar-refractivity contribution is 5.93. The number of rotatable bonds is 4. The van der Waals surface area contributed by atoms with Crippen molar-refractivity contribution in [1.29, 1.82) is 0 Å². The topological polar surface area (TPSA) is 67.2 Å². The van der Waals surface area contributed by atoms with Gasteiger partial charge in [0.15, 0.2) is 0 Å². The fraction of sp³-hybridized carbons (Fsp3) is 0.450. The number of carbonyl (C=O) groups is 1. The Morgan fingerprint density at radius 1 is 1.27 bits per heavy atom. The molecule has 138 valence electrons. The lowest BCUT2D eigenvalue weighted by atomic mass is 9.96. The van der Waals surface area contributed by atoms with Crippen molar-refractivity contribution in [3.63, 3.8) is 0 Å². The molecular weight excluding hydrogens is 328 g/mol. The molecule has 0 radical (unpaired) electrons. The molecule has 0 spiro atoms. The SMILES string of the molecule is CC(C)c1ccc(NC(=O)[C@@H]2CCCN(c3cnn(C)c(=O)c3)C2)cc1. The van der Waals surface area contributed by atoms with Crippen LogP contribution in [-0.2, 0) is 11.8 Å². The van der Waals surface area contributed by atoms with Gasteiger partial charge in [-0.1, -0.05) is 26.0 Å². The monoisotopic (exact) mass is 354 g/mol. The van der Waals surface area contributed by atoms with E-state index in [4.69, 9.17) is 0 Å². The first kappa shape index (κ1) is 18.2. The number of carbonyl (C=O) groups excluding carboxylic acids is 1. The summed E-state index contributed by atoms with van der Waals surface area (Å²) in [6.07, 6.45) is 3.45. The van der Waals surface area contributed by atoms with Crippen LogP contribution in [0.15, 0.2) is 41.3 Å². The van der Waals surface area contributed by atoms with E-state index < -0.39 is 0 Å². The molecule has 1 fully saturated rings. The van der Waals surface area contributed by atoms with E-state index in [1.54, 1.807) is 19.3 Å². The van der Waals surface area contributed by atoms with Crippen LogP contribution in [-0.4, -0.2) is 28.8 Å².